The minimum atomic E-state index is -0.633. The van der Waals surface area contributed by atoms with Gasteiger partial charge in [0.1, 0.15) is 0 Å². The van der Waals surface area contributed by atoms with Gasteiger partial charge in [-0.3, -0.25) is 4.79 Å². The molecular formula is C26H29ClN2O3. The number of nitrogens with zero attached hydrogens (tertiary/aromatic N) is 1. The Morgan fingerprint density at radius 3 is 2.41 bits per heavy atom. The molecule has 32 heavy (non-hydrogen) atoms. The molecule has 0 aliphatic heterocycles. The molecule has 2 bridgehead atoms. The van der Waals surface area contributed by atoms with Crippen LogP contribution in [0, 0.1) is 30.1 Å². The van der Waals surface area contributed by atoms with Crippen molar-refractivity contribution in [1.29, 1.82) is 0 Å². The van der Waals surface area contributed by atoms with Gasteiger partial charge in [0.15, 0.2) is 0 Å². The van der Waals surface area contributed by atoms with Gasteiger partial charge < -0.3 is 10.2 Å². The lowest BCUT2D eigenvalue weighted by Crippen LogP contribution is -2.43. The van der Waals surface area contributed by atoms with Gasteiger partial charge in [0, 0.05) is 22.5 Å². The van der Waals surface area contributed by atoms with Crippen LogP contribution in [0.2, 0.25) is 5.02 Å². The molecular weight excluding hydrogens is 424 g/mol. The quantitative estimate of drug-likeness (QED) is 0.435. The Kier molecular flexibility index (Phi) is 5.44. The molecule has 6 heteroatoms. The van der Waals surface area contributed by atoms with Gasteiger partial charge in [-0.2, -0.15) is 0 Å². The first-order valence-electron chi connectivity index (χ1n) is 10.9. The van der Waals surface area contributed by atoms with Gasteiger partial charge in [-0.25, -0.2) is 4.79 Å². The molecule has 2 saturated carbocycles. The Balaban J connectivity index is 1.60. The van der Waals surface area contributed by atoms with Gasteiger partial charge in [0.2, 0.25) is 5.91 Å². The largest absolute Gasteiger partial charge is 0.365 e. The van der Waals surface area contributed by atoms with Crippen molar-refractivity contribution in [2.45, 2.75) is 53.9 Å². The maximum Gasteiger partial charge on any atom is 0.365 e. The van der Waals surface area contributed by atoms with Gasteiger partial charge in [-0.05, 0) is 61.9 Å². The standard InChI is InChI=1S/C26H29ClN2O3/c1-16-6-9-18(10-7-16)22(30)32-29-21-15-26(13-12-25(21,5)24(26,3)4)23(31)28-20-14-19(27)11-8-17(20)2/h6-11,14H,12-13,15H2,1-5H3,(H,28,31)/b29-21-. The third-order valence-corrected chi connectivity index (χ3v) is 8.38. The number of amides is 1. The van der Waals surface area contributed by atoms with E-state index in [1.807, 2.05) is 38.1 Å². The minimum absolute atomic E-state index is 0.0355. The second kappa shape index (κ2) is 7.73. The Morgan fingerprint density at radius 2 is 1.72 bits per heavy atom. The first kappa shape index (κ1) is 22.5. The van der Waals surface area contributed by atoms with Crippen molar-refractivity contribution >= 4 is 34.9 Å². The highest BCUT2D eigenvalue weighted by molar-refractivity contribution is 6.31. The third-order valence-electron chi connectivity index (χ3n) is 8.14. The Hall–Kier alpha value is -2.66. The predicted octanol–water partition coefficient (Wildman–Crippen LogP) is 6.32. The number of hydrogen-bond donors (Lipinski definition) is 1. The van der Waals surface area contributed by atoms with Crippen molar-refractivity contribution in [3.05, 3.63) is 64.2 Å². The van der Waals surface area contributed by atoms with Crippen molar-refractivity contribution in [3.63, 3.8) is 0 Å². The van der Waals surface area contributed by atoms with Crippen molar-refractivity contribution in [3.8, 4) is 0 Å². The number of carbonyl (C=O) groups is 2. The van der Waals surface area contributed by atoms with Crippen LogP contribution in [0.4, 0.5) is 5.69 Å². The van der Waals surface area contributed by atoms with Crippen LogP contribution in [0.1, 0.15) is 61.5 Å². The molecule has 2 aromatic rings. The molecule has 0 saturated heterocycles. The molecule has 1 amide bonds. The van der Waals surface area contributed by atoms with E-state index in [1.165, 1.54) is 0 Å². The topological polar surface area (TPSA) is 67.8 Å². The normalized spacial score (nSPS) is 26.9. The van der Waals surface area contributed by atoms with Crippen LogP contribution >= 0.6 is 11.6 Å². The first-order valence-corrected chi connectivity index (χ1v) is 11.3. The molecule has 2 atom stereocenters. The fourth-order valence-electron chi connectivity index (χ4n) is 5.33. The Labute approximate surface area is 194 Å². The number of anilines is 1. The number of halogens is 1. The highest BCUT2D eigenvalue weighted by atomic mass is 35.5. The summed E-state index contributed by atoms with van der Waals surface area (Å²) in [5.41, 5.74) is 2.65. The predicted molar refractivity (Wildman–Crippen MR) is 127 cm³/mol. The van der Waals surface area contributed by atoms with E-state index < -0.39 is 11.4 Å². The van der Waals surface area contributed by atoms with E-state index in [-0.39, 0.29) is 16.7 Å². The molecule has 2 unspecified atom stereocenters. The van der Waals surface area contributed by atoms with Crippen molar-refractivity contribution in [2.24, 2.45) is 21.4 Å². The average molecular weight is 453 g/mol. The molecule has 0 radical (unpaired) electrons. The number of oxime groups is 1. The van der Waals surface area contributed by atoms with E-state index in [0.29, 0.717) is 17.0 Å². The van der Waals surface area contributed by atoms with E-state index in [0.717, 1.165) is 35.4 Å². The summed E-state index contributed by atoms with van der Waals surface area (Å²) in [6.45, 7) is 10.3. The maximum atomic E-state index is 13.6. The number of benzene rings is 2. The average Bonchev–Trinajstić information content (AvgIpc) is 3.05. The second-order valence-corrected chi connectivity index (χ2v) is 10.3. The monoisotopic (exact) mass is 452 g/mol. The summed E-state index contributed by atoms with van der Waals surface area (Å²) < 4.78 is 0. The molecule has 0 spiro atoms. The van der Waals surface area contributed by atoms with Crippen molar-refractivity contribution in [1.82, 2.24) is 0 Å². The minimum Gasteiger partial charge on any atom is -0.325 e. The SMILES string of the molecule is Cc1ccc(C(=O)O/N=C2/CC3(C(=O)Nc4cc(Cl)ccc4C)CCC2(C)C3(C)C)cc1. The Morgan fingerprint density at radius 1 is 1.03 bits per heavy atom. The number of hydrogen-bond acceptors (Lipinski definition) is 4. The molecule has 0 heterocycles. The summed E-state index contributed by atoms with van der Waals surface area (Å²) >= 11 is 6.15. The highest BCUT2D eigenvalue weighted by Crippen LogP contribution is 2.71. The molecule has 168 valence electrons. The zero-order valence-electron chi connectivity index (χ0n) is 19.2. The van der Waals surface area contributed by atoms with Gasteiger partial charge in [-0.1, -0.05) is 61.3 Å². The van der Waals surface area contributed by atoms with Gasteiger partial charge >= 0.3 is 5.97 Å². The van der Waals surface area contributed by atoms with E-state index in [1.54, 1.807) is 18.2 Å². The van der Waals surface area contributed by atoms with Gasteiger partial charge in [0.05, 0.1) is 16.7 Å². The van der Waals surface area contributed by atoms with Gasteiger partial charge in [-0.15, -0.1) is 0 Å². The fourth-order valence-corrected chi connectivity index (χ4v) is 5.50. The third kappa shape index (κ3) is 3.34. The van der Waals surface area contributed by atoms with Crippen LogP contribution in [-0.2, 0) is 9.63 Å². The molecule has 5 nitrogen and oxygen atoms in total. The molecule has 2 aliphatic carbocycles. The molecule has 2 aliphatic rings. The van der Waals surface area contributed by atoms with Crippen LogP contribution in [0.5, 0.6) is 0 Å². The number of nitrogens with one attached hydrogen (secondary N) is 1. The summed E-state index contributed by atoms with van der Waals surface area (Å²) in [5.74, 6) is -0.526. The zero-order chi connectivity index (χ0) is 23.3. The molecule has 1 N–H and O–H groups in total. The molecule has 0 aromatic heterocycles. The van der Waals surface area contributed by atoms with E-state index >= 15 is 0 Å². The summed E-state index contributed by atoms with van der Waals surface area (Å²) in [6, 6.07) is 12.7. The number of fused-ring (bicyclic) bond motifs is 2. The summed E-state index contributed by atoms with van der Waals surface area (Å²) in [6.07, 6.45) is 2.03. The first-order chi connectivity index (χ1) is 15.0. The second-order valence-electron chi connectivity index (χ2n) is 9.91. The summed E-state index contributed by atoms with van der Waals surface area (Å²) in [7, 11) is 0. The Bertz CT molecular complexity index is 1120. The van der Waals surface area contributed by atoms with Gasteiger partial charge in [0.25, 0.3) is 0 Å². The molecule has 2 fully saturated rings. The number of carbonyl (C=O) groups excluding carboxylic acids is 2. The smallest absolute Gasteiger partial charge is 0.325 e. The maximum absolute atomic E-state index is 13.6. The zero-order valence-corrected chi connectivity index (χ0v) is 20.0. The van der Waals surface area contributed by atoms with Crippen LogP contribution in [0.25, 0.3) is 0 Å². The van der Waals surface area contributed by atoms with E-state index in [4.69, 9.17) is 16.4 Å². The summed E-state index contributed by atoms with van der Waals surface area (Å²) in [5, 5.41) is 8.00. The number of rotatable bonds is 4. The van der Waals surface area contributed by atoms with Crippen LogP contribution in [-0.4, -0.2) is 17.6 Å². The van der Waals surface area contributed by atoms with Crippen LogP contribution in [0.15, 0.2) is 47.6 Å². The highest BCUT2D eigenvalue weighted by Gasteiger charge is 2.71. The van der Waals surface area contributed by atoms with Crippen LogP contribution in [0.3, 0.4) is 0 Å². The lowest BCUT2D eigenvalue weighted by molar-refractivity contribution is -0.130. The lowest BCUT2D eigenvalue weighted by Gasteiger charge is -2.39. The number of aryl methyl sites for hydroxylation is 2. The van der Waals surface area contributed by atoms with Crippen LogP contribution < -0.4 is 5.32 Å². The summed E-state index contributed by atoms with van der Waals surface area (Å²) in [4.78, 5) is 31.5. The lowest BCUT2D eigenvalue weighted by atomic mass is 9.64. The molecule has 4 rings (SSSR count). The van der Waals surface area contributed by atoms with E-state index in [9.17, 15) is 9.59 Å². The van der Waals surface area contributed by atoms with E-state index in [2.05, 4.69) is 31.2 Å². The molecule has 2 aromatic carbocycles. The van der Waals surface area contributed by atoms with Crippen molar-refractivity contribution in [2.75, 3.05) is 5.32 Å². The fraction of sp³-hybridized carbons (Fsp3) is 0.423. The van der Waals surface area contributed by atoms with Crippen molar-refractivity contribution < 1.29 is 14.4 Å².